The Labute approximate surface area is 155 Å². The Morgan fingerprint density at radius 2 is 2.12 bits per heavy atom. The van der Waals surface area contributed by atoms with Crippen molar-refractivity contribution in [3.8, 4) is 0 Å². The van der Waals surface area contributed by atoms with Gasteiger partial charge in [0.05, 0.1) is 12.6 Å². The second kappa shape index (κ2) is 6.77. The number of benzene rings is 1. The molecule has 3 aromatic rings. The van der Waals surface area contributed by atoms with Crippen molar-refractivity contribution in [1.82, 2.24) is 9.97 Å². The van der Waals surface area contributed by atoms with E-state index in [1.165, 1.54) is 0 Å². The summed E-state index contributed by atoms with van der Waals surface area (Å²) < 4.78 is 0. The average molecular weight is 365 g/mol. The van der Waals surface area contributed by atoms with Crippen LogP contribution in [0.25, 0.3) is 16.5 Å². The zero-order valence-corrected chi connectivity index (χ0v) is 14.9. The average Bonchev–Trinajstić information content (AvgIpc) is 3.16. The number of aromatic amines is 1. The largest absolute Gasteiger partial charge is 0.363 e. The van der Waals surface area contributed by atoms with Gasteiger partial charge in [-0.25, -0.2) is 4.98 Å². The van der Waals surface area contributed by atoms with Gasteiger partial charge in [-0.1, -0.05) is 11.6 Å². The highest BCUT2D eigenvalue weighted by molar-refractivity contribution is 6.31. The van der Waals surface area contributed by atoms with Crippen molar-refractivity contribution in [2.75, 3.05) is 11.9 Å². The molecule has 26 heavy (non-hydrogen) atoms. The molecule has 0 spiro atoms. The fourth-order valence-electron chi connectivity index (χ4n) is 3.06. The van der Waals surface area contributed by atoms with E-state index in [1.54, 1.807) is 12.3 Å². The molecule has 130 valence electrons. The summed E-state index contributed by atoms with van der Waals surface area (Å²) >= 11 is 6.07. The first-order valence-electron chi connectivity index (χ1n) is 8.34. The molecule has 1 aliphatic heterocycles. The van der Waals surface area contributed by atoms with Crippen LogP contribution in [0.4, 0.5) is 5.82 Å². The Morgan fingerprint density at radius 3 is 2.92 bits per heavy atom. The maximum Gasteiger partial charge on any atom is 0.253 e. The van der Waals surface area contributed by atoms with E-state index in [4.69, 9.17) is 11.6 Å². The third kappa shape index (κ3) is 3.26. The van der Waals surface area contributed by atoms with Crippen molar-refractivity contribution in [2.24, 2.45) is 4.99 Å². The Balaban J connectivity index is 1.63. The number of rotatable bonds is 4. The number of fused-ring (bicyclic) bond motifs is 1. The minimum atomic E-state index is -0.210. The van der Waals surface area contributed by atoms with Crippen LogP contribution in [0, 0.1) is 0 Å². The van der Waals surface area contributed by atoms with Crippen LogP contribution in [0.1, 0.15) is 24.1 Å². The number of hydrogen-bond donors (Lipinski definition) is 2. The molecule has 2 aromatic heterocycles. The molecule has 0 amide bonds. The summed E-state index contributed by atoms with van der Waals surface area (Å²) in [6, 6.07) is 11.0. The van der Waals surface area contributed by atoms with E-state index in [-0.39, 0.29) is 11.6 Å². The molecule has 0 radical (unpaired) electrons. The molecule has 0 bridgehead atoms. The minimum absolute atomic E-state index is 0.122. The monoisotopic (exact) mass is 364 g/mol. The highest BCUT2D eigenvalue weighted by Gasteiger charge is 2.13. The normalized spacial score (nSPS) is 14.5. The Morgan fingerprint density at radius 1 is 1.23 bits per heavy atom. The molecule has 2 N–H and O–H groups in total. The zero-order chi connectivity index (χ0) is 18.1. The molecule has 0 saturated heterocycles. The lowest BCUT2D eigenvalue weighted by Crippen LogP contribution is -2.19. The van der Waals surface area contributed by atoms with E-state index < -0.39 is 0 Å². The molecule has 1 atom stereocenters. The molecule has 0 fully saturated rings. The molecule has 1 aromatic carbocycles. The van der Waals surface area contributed by atoms with E-state index in [2.05, 4.69) is 20.3 Å². The number of anilines is 1. The zero-order valence-electron chi connectivity index (χ0n) is 14.2. The van der Waals surface area contributed by atoms with Crippen LogP contribution in [0.5, 0.6) is 0 Å². The van der Waals surface area contributed by atoms with Crippen LogP contribution in [-0.4, -0.2) is 22.7 Å². The fraction of sp³-hybridized carbons (Fsp3) is 0.150. The summed E-state index contributed by atoms with van der Waals surface area (Å²) in [4.78, 5) is 23.9. The van der Waals surface area contributed by atoms with Crippen molar-refractivity contribution in [3.05, 3.63) is 75.2 Å². The summed E-state index contributed by atoms with van der Waals surface area (Å²) in [6.07, 6.45) is 5.57. The first kappa shape index (κ1) is 16.5. The second-order valence-corrected chi connectivity index (χ2v) is 6.70. The van der Waals surface area contributed by atoms with E-state index in [1.807, 2.05) is 49.5 Å². The second-order valence-electron chi connectivity index (χ2n) is 6.26. The van der Waals surface area contributed by atoms with Gasteiger partial charge in [-0.05, 0) is 60.5 Å². The van der Waals surface area contributed by atoms with Crippen molar-refractivity contribution < 1.29 is 0 Å². The van der Waals surface area contributed by atoms with Gasteiger partial charge in [0.1, 0.15) is 5.82 Å². The third-order valence-electron chi connectivity index (χ3n) is 4.44. The molecule has 4 rings (SSSR count). The number of aliphatic imine (C=N–C) groups is 1. The first-order valence-corrected chi connectivity index (χ1v) is 8.72. The van der Waals surface area contributed by atoms with E-state index in [9.17, 15) is 4.79 Å². The maximum absolute atomic E-state index is 12.5. The van der Waals surface area contributed by atoms with Crippen molar-refractivity contribution in [2.45, 2.75) is 13.0 Å². The van der Waals surface area contributed by atoms with Gasteiger partial charge in [-0.15, -0.1) is 0 Å². The molecule has 1 aliphatic rings. The smallest absolute Gasteiger partial charge is 0.253 e. The van der Waals surface area contributed by atoms with Crippen LogP contribution >= 0.6 is 11.6 Å². The van der Waals surface area contributed by atoms with Crippen LogP contribution in [-0.2, 0) is 0 Å². The van der Waals surface area contributed by atoms with Gasteiger partial charge in [-0.3, -0.25) is 9.79 Å². The van der Waals surface area contributed by atoms with Crippen molar-refractivity contribution in [3.63, 3.8) is 0 Å². The fourth-order valence-corrected chi connectivity index (χ4v) is 3.24. The lowest BCUT2D eigenvalue weighted by molar-refractivity contribution is 0.857. The van der Waals surface area contributed by atoms with Gasteiger partial charge in [0.15, 0.2) is 0 Å². The van der Waals surface area contributed by atoms with Gasteiger partial charge < -0.3 is 10.3 Å². The lowest BCUT2D eigenvalue weighted by Gasteiger charge is -2.15. The van der Waals surface area contributed by atoms with Crippen LogP contribution in [0.15, 0.2) is 58.5 Å². The molecule has 5 nitrogen and oxygen atoms in total. The quantitative estimate of drug-likeness (QED) is 0.728. The lowest BCUT2D eigenvalue weighted by atomic mass is 10.1. The highest BCUT2D eigenvalue weighted by atomic mass is 35.5. The van der Waals surface area contributed by atoms with Crippen LogP contribution in [0.3, 0.4) is 0 Å². The number of hydrogen-bond acceptors (Lipinski definition) is 4. The molecule has 0 saturated carbocycles. The Kier molecular flexibility index (Phi) is 4.31. The molecule has 0 unspecified atom stereocenters. The molecule has 0 aliphatic carbocycles. The Hall–Kier alpha value is -2.92. The third-order valence-corrected chi connectivity index (χ3v) is 4.67. The number of allylic oxidation sites excluding steroid dienone is 1. The number of pyridine rings is 2. The number of aromatic nitrogens is 2. The van der Waals surface area contributed by atoms with E-state index >= 15 is 0 Å². The minimum Gasteiger partial charge on any atom is -0.363 e. The van der Waals surface area contributed by atoms with Crippen LogP contribution < -0.4 is 10.9 Å². The Bertz CT molecular complexity index is 1100. The van der Waals surface area contributed by atoms with Gasteiger partial charge in [-0.2, -0.15) is 0 Å². The number of H-pyrrole nitrogens is 1. The van der Waals surface area contributed by atoms with Gasteiger partial charge in [0, 0.05) is 33.9 Å². The summed E-state index contributed by atoms with van der Waals surface area (Å²) in [5, 5.41) is 4.85. The summed E-state index contributed by atoms with van der Waals surface area (Å²) in [5.41, 5.74) is 3.51. The SMILES string of the molecule is C[C@H](Nc1cc(C2=CC=NC2)ccn1)c1cc2cc(Cl)ccc2[nH]c1=O. The first-order chi connectivity index (χ1) is 12.6. The molecule has 6 heteroatoms. The maximum atomic E-state index is 12.5. The van der Waals surface area contributed by atoms with Crippen LogP contribution in [0.2, 0.25) is 5.02 Å². The van der Waals surface area contributed by atoms with Gasteiger partial charge in [0.2, 0.25) is 0 Å². The molecular weight excluding hydrogens is 348 g/mol. The van der Waals surface area contributed by atoms with E-state index in [0.717, 1.165) is 22.0 Å². The predicted octanol–water partition coefficient (Wildman–Crippen LogP) is 4.22. The van der Waals surface area contributed by atoms with Gasteiger partial charge in [0.25, 0.3) is 5.56 Å². The number of nitrogens with one attached hydrogen (secondary N) is 2. The number of nitrogens with zero attached hydrogens (tertiary/aromatic N) is 2. The van der Waals surface area contributed by atoms with Crippen molar-refractivity contribution in [1.29, 1.82) is 0 Å². The summed E-state index contributed by atoms with van der Waals surface area (Å²) in [5.74, 6) is 0.716. The van der Waals surface area contributed by atoms with Gasteiger partial charge >= 0.3 is 0 Å². The topological polar surface area (TPSA) is 70.1 Å². The van der Waals surface area contributed by atoms with E-state index in [0.29, 0.717) is 22.9 Å². The highest BCUT2D eigenvalue weighted by Crippen LogP contribution is 2.23. The summed E-state index contributed by atoms with van der Waals surface area (Å²) in [6.45, 7) is 2.62. The predicted molar refractivity (Wildman–Crippen MR) is 107 cm³/mol. The standard InChI is InChI=1S/C20H17ClN4O/c1-12(17-9-15-8-16(21)2-3-18(15)25-20(17)26)24-19-10-13(5-7-23-19)14-4-6-22-11-14/h2-10,12H,11H2,1H3,(H,23,24)(H,25,26)/t12-/m0/s1. The van der Waals surface area contributed by atoms with Crippen molar-refractivity contribution >= 4 is 40.1 Å². The molecule has 3 heterocycles. The molecular formula is C20H17ClN4O. The summed E-state index contributed by atoms with van der Waals surface area (Å²) in [7, 11) is 0. The number of halogens is 1.